The summed E-state index contributed by atoms with van der Waals surface area (Å²) in [4.78, 5) is 0. The van der Waals surface area contributed by atoms with Crippen LogP contribution in [0.3, 0.4) is 0 Å². The van der Waals surface area contributed by atoms with Gasteiger partial charge in [-0.25, -0.2) is 0 Å². The third kappa shape index (κ3) is 3.14. The highest BCUT2D eigenvalue weighted by Gasteiger charge is 2.05. The first kappa shape index (κ1) is 13.2. The van der Waals surface area contributed by atoms with Gasteiger partial charge in [-0.3, -0.25) is 0 Å². The molecule has 0 aliphatic carbocycles. The molecule has 2 aromatic rings. The van der Waals surface area contributed by atoms with Gasteiger partial charge < -0.3 is 4.74 Å². The predicted molar refractivity (Wildman–Crippen MR) is 77.1 cm³/mol. The lowest BCUT2D eigenvalue weighted by atomic mass is 9.96. The van der Waals surface area contributed by atoms with Crippen molar-refractivity contribution in [1.82, 2.24) is 0 Å². The second-order valence-corrected chi connectivity index (χ2v) is 4.61. The molecule has 0 aliphatic heterocycles. The largest absolute Gasteiger partial charge is 0.497 e. The number of hydrogen-bond acceptors (Lipinski definition) is 2. The van der Waals surface area contributed by atoms with Crippen LogP contribution in [0.15, 0.2) is 48.5 Å². The number of nitrogens with zero attached hydrogens (tertiary/aromatic N) is 1. The van der Waals surface area contributed by atoms with Crippen molar-refractivity contribution >= 4 is 0 Å². The number of nitriles is 1. The molecule has 2 aromatic carbocycles. The summed E-state index contributed by atoms with van der Waals surface area (Å²) < 4.78 is 5.15. The Labute approximate surface area is 114 Å². The normalized spacial score (nSPS) is 11.6. The molecular formula is C17H17NO. The molecule has 19 heavy (non-hydrogen) atoms. The van der Waals surface area contributed by atoms with E-state index in [1.54, 1.807) is 7.11 Å². The second kappa shape index (κ2) is 6.06. The molecule has 0 amide bonds. The van der Waals surface area contributed by atoms with Gasteiger partial charge in [0.05, 0.1) is 13.2 Å². The van der Waals surface area contributed by atoms with E-state index in [-0.39, 0.29) is 5.92 Å². The second-order valence-electron chi connectivity index (χ2n) is 4.61. The Kier molecular flexibility index (Phi) is 4.20. The first-order valence-corrected chi connectivity index (χ1v) is 6.36. The highest BCUT2D eigenvalue weighted by Crippen LogP contribution is 2.25. The highest BCUT2D eigenvalue weighted by atomic mass is 16.5. The molecule has 0 aliphatic rings. The first-order chi connectivity index (χ1) is 9.24. The van der Waals surface area contributed by atoms with E-state index in [1.807, 2.05) is 24.3 Å². The summed E-state index contributed by atoms with van der Waals surface area (Å²) in [5.41, 5.74) is 3.55. The fourth-order valence-electron chi connectivity index (χ4n) is 2.04. The van der Waals surface area contributed by atoms with Crippen LogP contribution in [-0.2, 0) is 0 Å². The Bertz CT molecular complexity index is 564. The Hall–Kier alpha value is -2.27. The molecule has 0 bridgehead atoms. The van der Waals surface area contributed by atoms with Crippen LogP contribution in [0.25, 0.3) is 11.1 Å². The summed E-state index contributed by atoms with van der Waals surface area (Å²) in [5, 5.41) is 8.72. The highest BCUT2D eigenvalue weighted by molar-refractivity contribution is 5.64. The fraction of sp³-hybridized carbons (Fsp3) is 0.235. The van der Waals surface area contributed by atoms with Crippen molar-refractivity contribution in [3.05, 3.63) is 54.1 Å². The molecule has 2 nitrogen and oxygen atoms in total. The van der Waals surface area contributed by atoms with Crippen LogP contribution in [0.4, 0.5) is 0 Å². The van der Waals surface area contributed by atoms with E-state index in [2.05, 4.69) is 37.3 Å². The molecule has 2 rings (SSSR count). The van der Waals surface area contributed by atoms with Gasteiger partial charge in [-0.1, -0.05) is 43.3 Å². The third-order valence-corrected chi connectivity index (χ3v) is 3.30. The third-order valence-electron chi connectivity index (χ3n) is 3.30. The van der Waals surface area contributed by atoms with E-state index in [9.17, 15) is 0 Å². The summed E-state index contributed by atoms with van der Waals surface area (Å²) >= 11 is 0. The summed E-state index contributed by atoms with van der Waals surface area (Å²) in [6, 6.07) is 18.6. The molecule has 1 atom stereocenters. The first-order valence-electron chi connectivity index (χ1n) is 6.36. The van der Waals surface area contributed by atoms with E-state index in [0.29, 0.717) is 6.42 Å². The number of hydrogen-bond donors (Lipinski definition) is 0. The Balaban J connectivity index is 2.20. The summed E-state index contributed by atoms with van der Waals surface area (Å²) in [7, 11) is 1.67. The molecule has 2 heteroatoms. The number of benzene rings is 2. The molecule has 0 N–H and O–H groups in total. The minimum absolute atomic E-state index is 0.287. The van der Waals surface area contributed by atoms with Crippen LogP contribution in [-0.4, -0.2) is 7.11 Å². The molecule has 1 unspecified atom stereocenters. The van der Waals surface area contributed by atoms with Crippen molar-refractivity contribution in [3.63, 3.8) is 0 Å². The summed E-state index contributed by atoms with van der Waals surface area (Å²) in [6.07, 6.45) is 0.557. The lowest BCUT2D eigenvalue weighted by molar-refractivity contribution is 0.415. The molecule has 0 heterocycles. The summed E-state index contributed by atoms with van der Waals surface area (Å²) in [6.45, 7) is 2.08. The van der Waals surface area contributed by atoms with Crippen molar-refractivity contribution in [2.45, 2.75) is 19.3 Å². The van der Waals surface area contributed by atoms with E-state index in [0.717, 1.165) is 5.75 Å². The average molecular weight is 251 g/mol. The zero-order valence-corrected chi connectivity index (χ0v) is 11.3. The van der Waals surface area contributed by atoms with Gasteiger partial charge >= 0.3 is 0 Å². The molecule has 0 radical (unpaired) electrons. The maximum Gasteiger partial charge on any atom is 0.118 e. The van der Waals surface area contributed by atoms with Gasteiger partial charge in [-0.2, -0.15) is 5.26 Å². The van der Waals surface area contributed by atoms with Crippen LogP contribution in [0, 0.1) is 11.3 Å². The van der Waals surface area contributed by atoms with Crippen LogP contribution in [0.1, 0.15) is 24.8 Å². The van der Waals surface area contributed by atoms with E-state index in [4.69, 9.17) is 10.00 Å². The van der Waals surface area contributed by atoms with Gasteiger partial charge in [0.15, 0.2) is 0 Å². The quantitative estimate of drug-likeness (QED) is 0.807. The van der Waals surface area contributed by atoms with Crippen molar-refractivity contribution in [2.24, 2.45) is 0 Å². The molecule has 0 spiro atoms. The fourth-order valence-corrected chi connectivity index (χ4v) is 2.04. The Morgan fingerprint density at radius 2 is 1.53 bits per heavy atom. The number of ether oxygens (including phenoxy) is 1. The van der Waals surface area contributed by atoms with Gasteiger partial charge in [-0.05, 0) is 34.7 Å². The average Bonchev–Trinajstić information content (AvgIpc) is 2.48. The maximum absolute atomic E-state index is 8.72. The Morgan fingerprint density at radius 3 is 2.00 bits per heavy atom. The molecule has 0 saturated carbocycles. The SMILES string of the molecule is COc1ccc(-c2ccc(C(C)CC#N)cc2)cc1. The predicted octanol–water partition coefficient (Wildman–Crippen LogP) is 4.38. The van der Waals surface area contributed by atoms with Gasteiger partial charge in [0, 0.05) is 6.42 Å². The van der Waals surface area contributed by atoms with Crippen molar-refractivity contribution in [3.8, 4) is 22.9 Å². The van der Waals surface area contributed by atoms with Gasteiger partial charge in [0.25, 0.3) is 0 Å². The minimum atomic E-state index is 0.287. The topological polar surface area (TPSA) is 33.0 Å². The van der Waals surface area contributed by atoms with Crippen LogP contribution in [0.2, 0.25) is 0 Å². The molecule has 96 valence electrons. The maximum atomic E-state index is 8.72. The van der Waals surface area contributed by atoms with Crippen molar-refractivity contribution in [1.29, 1.82) is 5.26 Å². The van der Waals surface area contributed by atoms with Gasteiger partial charge in [0.1, 0.15) is 5.75 Å². The van der Waals surface area contributed by atoms with Crippen molar-refractivity contribution < 1.29 is 4.74 Å². The number of rotatable bonds is 4. The van der Waals surface area contributed by atoms with Crippen LogP contribution in [0.5, 0.6) is 5.75 Å². The zero-order chi connectivity index (χ0) is 13.7. The molecule has 0 aromatic heterocycles. The van der Waals surface area contributed by atoms with Gasteiger partial charge in [0.2, 0.25) is 0 Å². The van der Waals surface area contributed by atoms with E-state index in [1.165, 1.54) is 16.7 Å². The van der Waals surface area contributed by atoms with Crippen LogP contribution < -0.4 is 4.74 Å². The smallest absolute Gasteiger partial charge is 0.118 e. The standard InChI is InChI=1S/C17H17NO/c1-13(11-12-18)14-3-5-15(6-4-14)16-7-9-17(19-2)10-8-16/h3-10,13H,11H2,1-2H3. The number of methoxy groups -OCH3 is 1. The van der Waals surface area contributed by atoms with Gasteiger partial charge in [-0.15, -0.1) is 0 Å². The van der Waals surface area contributed by atoms with Crippen LogP contribution >= 0.6 is 0 Å². The van der Waals surface area contributed by atoms with Crippen molar-refractivity contribution in [2.75, 3.05) is 7.11 Å². The lowest BCUT2D eigenvalue weighted by Crippen LogP contribution is -1.91. The monoisotopic (exact) mass is 251 g/mol. The zero-order valence-electron chi connectivity index (χ0n) is 11.3. The summed E-state index contributed by atoms with van der Waals surface area (Å²) in [5.74, 6) is 1.15. The Morgan fingerprint density at radius 1 is 1.00 bits per heavy atom. The van der Waals surface area contributed by atoms with E-state index < -0.39 is 0 Å². The molecule has 0 fully saturated rings. The molecular weight excluding hydrogens is 234 g/mol. The van der Waals surface area contributed by atoms with E-state index >= 15 is 0 Å². The molecule has 0 saturated heterocycles. The minimum Gasteiger partial charge on any atom is -0.497 e. The lowest BCUT2D eigenvalue weighted by Gasteiger charge is -2.09.